The first-order valence-corrected chi connectivity index (χ1v) is 5.86. The average Bonchev–Trinajstić information content (AvgIpc) is 2.39. The highest BCUT2D eigenvalue weighted by Gasteiger charge is 2.06. The molecule has 2 N–H and O–H groups in total. The third-order valence-corrected chi connectivity index (χ3v) is 3.05. The van der Waals surface area contributed by atoms with Gasteiger partial charge in [-0.05, 0) is 35.4 Å². The van der Waals surface area contributed by atoms with Crippen LogP contribution in [0.1, 0.15) is 5.56 Å². The number of halogens is 2. The van der Waals surface area contributed by atoms with Crippen LogP contribution >= 0.6 is 11.6 Å². The number of benzene rings is 2. The lowest BCUT2D eigenvalue weighted by atomic mass is 10.0. The second-order valence-electron chi connectivity index (χ2n) is 3.86. The van der Waals surface area contributed by atoms with Crippen LogP contribution in [0, 0.1) is 5.82 Å². The van der Waals surface area contributed by atoms with Crippen molar-refractivity contribution in [1.82, 2.24) is 0 Å². The van der Waals surface area contributed by atoms with Crippen molar-refractivity contribution in [2.75, 3.05) is 7.11 Å². The molecule has 0 aromatic heterocycles. The molecule has 2 nitrogen and oxygen atoms in total. The van der Waals surface area contributed by atoms with Gasteiger partial charge in [0, 0.05) is 12.1 Å². The first kappa shape index (κ1) is 12.9. The number of hydrogen-bond donors (Lipinski definition) is 1. The Kier molecular flexibility index (Phi) is 3.84. The fraction of sp³-hybridized carbons (Fsp3) is 0.143. The van der Waals surface area contributed by atoms with E-state index in [1.807, 2.05) is 6.07 Å². The molecule has 2 aromatic carbocycles. The molecule has 0 heterocycles. The molecule has 0 saturated carbocycles. The minimum atomic E-state index is -0.291. The molecule has 0 aliphatic carbocycles. The van der Waals surface area contributed by atoms with Crippen LogP contribution < -0.4 is 10.5 Å². The third-order valence-electron chi connectivity index (χ3n) is 2.75. The van der Waals surface area contributed by atoms with Crippen LogP contribution in [0.4, 0.5) is 4.39 Å². The van der Waals surface area contributed by atoms with Crippen molar-refractivity contribution in [1.29, 1.82) is 0 Å². The van der Waals surface area contributed by atoms with Gasteiger partial charge in [-0.25, -0.2) is 4.39 Å². The third kappa shape index (κ3) is 2.47. The molecular weight excluding hydrogens is 253 g/mol. The molecule has 0 spiro atoms. The van der Waals surface area contributed by atoms with Crippen LogP contribution in [-0.2, 0) is 6.54 Å². The quantitative estimate of drug-likeness (QED) is 0.920. The molecule has 18 heavy (non-hydrogen) atoms. The summed E-state index contributed by atoms with van der Waals surface area (Å²) >= 11 is 6.06. The lowest BCUT2D eigenvalue weighted by molar-refractivity contribution is 0.415. The Morgan fingerprint density at radius 2 is 1.83 bits per heavy atom. The Balaban J connectivity index is 2.45. The van der Waals surface area contributed by atoms with Gasteiger partial charge < -0.3 is 10.5 Å². The fourth-order valence-corrected chi connectivity index (χ4v) is 2.01. The van der Waals surface area contributed by atoms with Crippen molar-refractivity contribution in [3.8, 4) is 16.9 Å². The van der Waals surface area contributed by atoms with E-state index in [-0.39, 0.29) is 12.4 Å². The van der Waals surface area contributed by atoms with Crippen LogP contribution in [0.5, 0.6) is 5.75 Å². The summed E-state index contributed by atoms with van der Waals surface area (Å²) in [5.41, 5.74) is 7.75. The van der Waals surface area contributed by atoms with Gasteiger partial charge in [0.2, 0.25) is 0 Å². The molecule has 0 fully saturated rings. The predicted octanol–water partition coefficient (Wildman–Crippen LogP) is 3.61. The normalized spacial score (nSPS) is 10.4. The van der Waals surface area contributed by atoms with Crippen LogP contribution in [0.3, 0.4) is 0 Å². The Labute approximate surface area is 110 Å². The van der Waals surface area contributed by atoms with Crippen molar-refractivity contribution in [2.24, 2.45) is 5.73 Å². The monoisotopic (exact) mass is 265 g/mol. The summed E-state index contributed by atoms with van der Waals surface area (Å²) in [5.74, 6) is 0.322. The number of methoxy groups -OCH3 is 1. The van der Waals surface area contributed by atoms with E-state index in [1.54, 1.807) is 31.4 Å². The van der Waals surface area contributed by atoms with Crippen LogP contribution in [0.15, 0.2) is 36.4 Å². The van der Waals surface area contributed by atoms with E-state index in [0.717, 1.165) is 11.1 Å². The maximum Gasteiger partial charge on any atom is 0.137 e. The summed E-state index contributed by atoms with van der Waals surface area (Å²) in [5, 5.41) is 0.522. The highest BCUT2D eigenvalue weighted by Crippen LogP contribution is 2.30. The van der Waals surface area contributed by atoms with E-state index < -0.39 is 0 Å². The zero-order valence-electron chi connectivity index (χ0n) is 9.91. The highest BCUT2D eigenvalue weighted by molar-refractivity contribution is 6.32. The van der Waals surface area contributed by atoms with Gasteiger partial charge in [-0.2, -0.15) is 0 Å². The van der Waals surface area contributed by atoms with Crippen molar-refractivity contribution >= 4 is 11.6 Å². The number of rotatable bonds is 3. The minimum Gasteiger partial charge on any atom is -0.495 e. The fourth-order valence-electron chi connectivity index (χ4n) is 1.76. The summed E-state index contributed by atoms with van der Waals surface area (Å²) in [7, 11) is 1.56. The standard InChI is InChI=1S/C14H13ClFNO/c1-18-14-5-3-10(7-12(14)15)9-2-4-13(16)11(6-9)8-17/h2-7H,8,17H2,1H3. The minimum absolute atomic E-state index is 0.170. The lowest BCUT2D eigenvalue weighted by Gasteiger charge is -2.08. The van der Waals surface area contributed by atoms with E-state index in [9.17, 15) is 4.39 Å². The SMILES string of the molecule is COc1ccc(-c2ccc(F)c(CN)c2)cc1Cl. The Bertz CT molecular complexity index is 572. The Hall–Kier alpha value is -1.58. The van der Waals surface area contributed by atoms with Crippen molar-refractivity contribution in [3.63, 3.8) is 0 Å². The van der Waals surface area contributed by atoms with E-state index in [2.05, 4.69) is 0 Å². The number of ether oxygens (including phenoxy) is 1. The molecule has 0 atom stereocenters. The molecule has 94 valence electrons. The second-order valence-corrected chi connectivity index (χ2v) is 4.27. The molecule has 2 rings (SSSR count). The molecule has 0 bridgehead atoms. The second kappa shape index (κ2) is 5.38. The van der Waals surface area contributed by atoms with Crippen LogP contribution in [-0.4, -0.2) is 7.11 Å². The predicted molar refractivity (Wildman–Crippen MR) is 71.3 cm³/mol. The molecule has 4 heteroatoms. The summed E-state index contributed by atoms with van der Waals surface area (Å²) in [6, 6.07) is 10.3. The maximum absolute atomic E-state index is 13.4. The molecule has 2 aromatic rings. The lowest BCUT2D eigenvalue weighted by Crippen LogP contribution is -1.99. The van der Waals surface area contributed by atoms with Gasteiger partial charge in [-0.3, -0.25) is 0 Å². The van der Waals surface area contributed by atoms with E-state index in [0.29, 0.717) is 16.3 Å². The van der Waals surface area contributed by atoms with Gasteiger partial charge in [0.05, 0.1) is 12.1 Å². The molecule has 0 amide bonds. The van der Waals surface area contributed by atoms with E-state index in [1.165, 1.54) is 6.07 Å². The molecule has 0 aliphatic rings. The average molecular weight is 266 g/mol. The summed E-state index contributed by atoms with van der Waals surface area (Å²) in [4.78, 5) is 0. The highest BCUT2D eigenvalue weighted by atomic mass is 35.5. The molecule has 0 aliphatic heterocycles. The first-order valence-electron chi connectivity index (χ1n) is 5.48. The molecule has 0 unspecified atom stereocenters. The zero-order chi connectivity index (χ0) is 13.1. The van der Waals surface area contributed by atoms with Crippen molar-refractivity contribution in [3.05, 3.63) is 52.8 Å². The first-order chi connectivity index (χ1) is 8.65. The summed E-state index contributed by atoms with van der Waals surface area (Å²) in [6.45, 7) is 0.170. The topological polar surface area (TPSA) is 35.2 Å². The maximum atomic E-state index is 13.4. The Morgan fingerprint density at radius 3 is 2.44 bits per heavy atom. The van der Waals surface area contributed by atoms with Crippen LogP contribution in [0.25, 0.3) is 11.1 Å². The smallest absolute Gasteiger partial charge is 0.137 e. The summed E-state index contributed by atoms with van der Waals surface area (Å²) in [6.07, 6.45) is 0. The van der Waals surface area contributed by atoms with Gasteiger partial charge in [0.25, 0.3) is 0 Å². The van der Waals surface area contributed by atoms with Gasteiger partial charge in [-0.1, -0.05) is 23.7 Å². The number of hydrogen-bond acceptors (Lipinski definition) is 2. The Morgan fingerprint density at radius 1 is 1.17 bits per heavy atom. The largest absolute Gasteiger partial charge is 0.495 e. The van der Waals surface area contributed by atoms with Gasteiger partial charge in [0.1, 0.15) is 11.6 Å². The van der Waals surface area contributed by atoms with Crippen molar-refractivity contribution < 1.29 is 9.13 Å². The summed E-state index contributed by atoms with van der Waals surface area (Å²) < 4.78 is 18.4. The van der Waals surface area contributed by atoms with Crippen molar-refractivity contribution in [2.45, 2.75) is 6.54 Å². The van der Waals surface area contributed by atoms with Gasteiger partial charge >= 0.3 is 0 Å². The molecular formula is C14H13ClFNO. The van der Waals surface area contributed by atoms with Crippen LogP contribution in [0.2, 0.25) is 5.02 Å². The van der Waals surface area contributed by atoms with E-state index in [4.69, 9.17) is 22.1 Å². The molecule has 0 radical (unpaired) electrons. The van der Waals surface area contributed by atoms with E-state index >= 15 is 0 Å². The van der Waals surface area contributed by atoms with Gasteiger partial charge in [-0.15, -0.1) is 0 Å². The van der Waals surface area contributed by atoms with Gasteiger partial charge in [0.15, 0.2) is 0 Å². The molecule has 0 saturated heterocycles. The number of nitrogens with two attached hydrogens (primary N) is 1. The zero-order valence-corrected chi connectivity index (χ0v) is 10.7.